The summed E-state index contributed by atoms with van der Waals surface area (Å²) in [5.41, 5.74) is 2.59. The number of fused-ring (bicyclic) bond motifs is 1. The summed E-state index contributed by atoms with van der Waals surface area (Å²) in [5, 5.41) is 5.68. The highest BCUT2D eigenvalue weighted by atomic mass is 32.2. The third kappa shape index (κ3) is 3.05. The Morgan fingerprint density at radius 1 is 1.28 bits per heavy atom. The zero-order valence-corrected chi connectivity index (χ0v) is 11.9. The predicted octanol–water partition coefficient (Wildman–Crippen LogP) is 3.11. The monoisotopic (exact) mass is 278 g/mol. The van der Waals surface area contributed by atoms with Gasteiger partial charge in [-0.1, -0.05) is 6.07 Å². The number of benzene rings is 1. The Bertz CT molecular complexity index is 503. The Morgan fingerprint density at radius 2 is 2.28 bits per heavy atom. The van der Waals surface area contributed by atoms with Crippen LogP contribution in [0.15, 0.2) is 30.5 Å². The maximum atomic E-state index is 3.58. The van der Waals surface area contributed by atoms with Gasteiger partial charge in [-0.2, -0.15) is 23.5 Å². The molecule has 0 spiro atoms. The molecule has 2 heterocycles. The number of hydrogen-bond donors (Lipinski definition) is 2. The molecule has 1 saturated heterocycles. The first-order valence-corrected chi connectivity index (χ1v) is 8.58. The molecule has 2 nitrogen and oxygen atoms in total. The predicted molar refractivity (Wildman–Crippen MR) is 83.6 cm³/mol. The average Bonchev–Trinajstić information content (AvgIpc) is 2.87. The van der Waals surface area contributed by atoms with Crippen molar-refractivity contribution in [3.63, 3.8) is 0 Å². The van der Waals surface area contributed by atoms with Gasteiger partial charge in [0.25, 0.3) is 0 Å². The third-order valence-corrected chi connectivity index (χ3v) is 6.05. The van der Waals surface area contributed by atoms with Crippen LogP contribution in [0.4, 0.5) is 0 Å². The first-order valence-electron chi connectivity index (χ1n) is 6.38. The van der Waals surface area contributed by atoms with Crippen molar-refractivity contribution in [2.45, 2.75) is 11.8 Å². The quantitative estimate of drug-likeness (QED) is 0.900. The largest absolute Gasteiger partial charge is 0.361 e. The first-order chi connectivity index (χ1) is 8.92. The van der Waals surface area contributed by atoms with Gasteiger partial charge in [0.2, 0.25) is 0 Å². The molecule has 1 aromatic carbocycles. The van der Waals surface area contributed by atoms with E-state index in [1.165, 1.54) is 33.7 Å². The number of H-pyrrole nitrogens is 1. The molecule has 1 fully saturated rings. The van der Waals surface area contributed by atoms with Crippen molar-refractivity contribution in [3.8, 4) is 0 Å². The van der Waals surface area contributed by atoms with Gasteiger partial charge in [-0.15, -0.1) is 0 Å². The van der Waals surface area contributed by atoms with E-state index in [-0.39, 0.29) is 0 Å². The van der Waals surface area contributed by atoms with Gasteiger partial charge in [0.05, 0.1) is 0 Å². The highest BCUT2D eigenvalue weighted by Gasteiger charge is 2.13. The Hall–Kier alpha value is -0.580. The second-order valence-electron chi connectivity index (χ2n) is 4.60. The molecule has 1 atom stereocenters. The van der Waals surface area contributed by atoms with Crippen LogP contribution < -0.4 is 5.32 Å². The summed E-state index contributed by atoms with van der Waals surface area (Å²) in [7, 11) is 0. The van der Waals surface area contributed by atoms with Crippen molar-refractivity contribution in [3.05, 3.63) is 36.0 Å². The molecule has 3 rings (SSSR count). The Morgan fingerprint density at radius 3 is 3.17 bits per heavy atom. The molecule has 0 amide bonds. The minimum absolute atomic E-state index is 0.791. The van der Waals surface area contributed by atoms with Crippen LogP contribution in [0.5, 0.6) is 0 Å². The normalized spacial score (nSPS) is 20.3. The first kappa shape index (κ1) is 12.5. The van der Waals surface area contributed by atoms with Crippen LogP contribution in [-0.4, -0.2) is 34.0 Å². The van der Waals surface area contributed by atoms with Crippen LogP contribution in [0.3, 0.4) is 0 Å². The summed E-state index contributed by atoms with van der Waals surface area (Å²) in [6.45, 7) is 2.10. The smallest absolute Gasteiger partial charge is 0.0454 e. The van der Waals surface area contributed by atoms with E-state index < -0.39 is 0 Å². The van der Waals surface area contributed by atoms with E-state index in [1.54, 1.807) is 0 Å². The molecular weight excluding hydrogens is 260 g/mol. The maximum Gasteiger partial charge on any atom is 0.0454 e. The van der Waals surface area contributed by atoms with Gasteiger partial charge in [0, 0.05) is 47.3 Å². The Labute approximate surface area is 116 Å². The molecule has 0 radical (unpaired) electrons. The summed E-state index contributed by atoms with van der Waals surface area (Å²) < 4.78 is 0. The zero-order valence-electron chi connectivity index (χ0n) is 10.3. The fourth-order valence-corrected chi connectivity index (χ4v) is 4.89. The molecule has 1 aromatic heterocycles. The molecule has 18 heavy (non-hydrogen) atoms. The van der Waals surface area contributed by atoms with E-state index in [9.17, 15) is 0 Å². The van der Waals surface area contributed by atoms with Crippen LogP contribution in [0.1, 0.15) is 5.56 Å². The Balaban J connectivity index is 1.52. The van der Waals surface area contributed by atoms with Crippen molar-refractivity contribution in [2.75, 3.05) is 23.8 Å². The number of rotatable bonds is 4. The summed E-state index contributed by atoms with van der Waals surface area (Å²) in [4.78, 5) is 3.23. The van der Waals surface area contributed by atoms with Crippen LogP contribution in [-0.2, 0) is 6.54 Å². The zero-order chi connectivity index (χ0) is 12.2. The van der Waals surface area contributed by atoms with Crippen molar-refractivity contribution in [1.29, 1.82) is 0 Å². The third-order valence-electron chi connectivity index (χ3n) is 3.20. The fraction of sp³-hybridized carbons (Fsp3) is 0.429. The summed E-state index contributed by atoms with van der Waals surface area (Å²) in [6.07, 6.45) is 2.00. The molecule has 0 saturated carbocycles. The van der Waals surface area contributed by atoms with Crippen LogP contribution >= 0.6 is 23.5 Å². The fourth-order valence-electron chi connectivity index (χ4n) is 2.24. The molecule has 4 heteroatoms. The van der Waals surface area contributed by atoms with Gasteiger partial charge in [-0.3, -0.25) is 0 Å². The summed E-state index contributed by atoms with van der Waals surface area (Å²) >= 11 is 4.20. The molecule has 0 bridgehead atoms. The Kier molecular flexibility index (Phi) is 4.18. The molecule has 1 unspecified atom stereocenters. The van der Waals surface area contributed by atoms with Gasteiger partial charge in [-0.05, 0) is 29.1 Å². The molecule has 1 aliphatic rings. The lowest BCUT2D eigenvalue weighted by Crippen LogP contribution is -2.28. The van der Waals surface area contributed by atoms with Crippen LogP contribution in [0, 0.1) is 0 Å². The lowest BCUT2D eigenvalue weighted by Gasteiger charge is -2.21. The van der Waals surface area contributed by atoms with E-state index >= 15 is 0 Å². The van der Waals surface area contributed by atoms with Crippen molar-refractivity contribution in [1.82, 2.24) is 10.3 Å². The lowest BCUT2D eigenvalue weighted by molar-refractivity contribution is 0.687. The molecule has 0 aliphatic carbocycles. The second kappa shape index (κ2) is 6.04. The van der Waals surface area contributed by atoms with Crippen molar-refractivity contribution in [2.24, 2.45) is 0 Å². The van der Waals surface area contributed by atoms with Gasteiger partial charge >= 0.3 is 0 Å². The van der Waals surface area contributed by atoms with Crippen molar-refractivity contribution >= 4 is 34.4 Å². The average molecular weight is 278 g/mol. The topological polar surface area (TPSA) is 27.8 Å². The van der Waals surface area contributed by atoms with E-state index in [0.29, 0.717) is 0 Å². The summed E-state index contributed by atoms with van der Waals surface area (Å²) in [6, 6.07) is 8.76. The van der Waals surface area contributed by atoms with E-state index in [4.69, 9.17) is 0 Å². The number of aromatic amines is 1. The lowest BCUT2D eigenvalue weighted by atomic mass is 10.1. The number of nitrogens with one attached hydrogen (secondary N) is 2. The maximum absolute atomic E-state index is 3.58. The highest BCUT2D eigenvalue weighted by Crippen LogP contribution is 2.23. The molecular formula is C14H18N2S2. The second-order valence-corrected chi connectivity index (χ2v) is 7.16. The van der Waals surface area contributed by atoms with Crippen LogP contribution in [0.2, 0.25) is 0 Å². The minimum atomic E-state index is 0.791. The van der Waals surface area contributed by atoms with Crippen LogP contribution in [0.25, 0.3) is 10.9 Å². The molecule has 2 N–H and O–H groups in total. The van der Waals surface area contributed by atoms with E-state index in [1.807, 2.05) is 6.20 Å². The molecule has 2 aromatic rings. The number of aromatic nitrogens is 1. The number of hydrogen-bond acceptors (Lipinski definition) is 3. The molecule has 1 aliphatic heterocycles. The highest BCUT2D eigenvalue weighted by molar-refractivity contribution is 8.06. The van der Waals surface area contributed by atoms with E-state index in [0.717, 1.165) is 18.3 Å². The van der Waals surface area contributed by atoms with Gasteiger partial charge in [0.1, 0.15) is 0 Å². The summed E-state index contributed by atoms with van der Waals surface area (Å²) in [5.74, 6) is 3.94. The van der Waals surface area contributed by atoms with Crippen molar-refractivity contribution < 1.29 is 0 Å². The number of thioether (sulfide) groups is 2. The van der Waals surface area contributed by atoms with Gasteiger partial charge in [0.15, 0.2) is 0 Å². The minimum Gasteiger partial charge on any atom is -0.361 e. The van der Waals surface area contributed by atoms with Gasteiger partial charge in [-0.25, -0.2) is 0 Å². The molecule has 96 valence electrons. The SMILES string of the molecule is c1cc2cc(CNCC3CSCCS3)ccc2[nH]1. The standard InChI is InChI=1S/C14H18N2S2/c1-2-14-12(3-4-16-14)7-11(1)8-15-9-13-10-17-5-6-18-13/h1-4,7,13,15-16H,5-6,8-10H2. The van der Waals surface area contributed by atoms with Gasteiger partial charge < -0.3 is 10.3 Å². The van der Waals surface area contributed by atoms with E-state index in [2.05, 4.69) is 58.1 Å².